The highest BCUT2D eigenvalue weighted by atomic mass is 35.5. The fourth-order valence-corrected chi connectivity index (χ4v) is 3.58. The van der Waals surface area contributed by atoms with Crippen molar-refractivity contribution in [3.05, 3.63) is 29.3 Å². The summed E-state index contributed by atoms with van der Waals surface area (Å²) in [5.74, 6) is -0.836. The molecular weight excluding hydrogens is 288 g/mol. The fourth-order valence-electron chi connectivity index (χ4n) is 1.85. The Morgan fingerprint density at radius 1 is 1.42 bits per heavy atom. The molecule has 7 heteroatoms. The van der Waals surface area contributed by atoms with E-state index in [1.54, 1.807) is 24.3 Å². The van der Waals surface area contributed by atoms with E-state index in [2.05, 4.69) is 10.6 Å². The second-order valence-electron chi connectivity index (χ2n) is 4.64. The van der Waals surface area contributed by atoms with Crippen molar-refractivity contribution in [2.45, 2.75) is 0 Å². The molecule has 0 radical (unpaired) electrons. The molecule has 19 heavy (non-hydrogen) atoms. The topological polar surface area (TPSA) is 75.3 Å². The molecule has 1 aromatic carbocycles. The molecule has 1 fully saturated rings. The second kappa shape index (κ2) is 5.90. The average Bonchev–Trinajstić information content (AvgIpc) is 2.23. The predicted octanol–water partition coefficient (Wildman–Crippen LogP) is 0.913. The van der Waals surface area contributed by atoms with Crippen LogP contribution in [0.3, 0.4) is 0 Å². The van der Waals surface area contributed by atoms with Gasteiger partial charge in [0.2, 0.25) is 5.91 Å². The molecule has 1 heterocycles. The van der Waals surface area contributed by atoms with Gasteiger partial charge in [-0.3, -0.25) is 4.79 Å². The zero-order valence-corrected chi connectivity index (χ0v) is 11.8. The van der Waals surface area contributed by atoms with Gasteiger partial charge in [0.15, 0.2) is 9.84 Å². The molecule has 104 valence electrons. The van der Waals surface area contributed by atoms with Crippen LogP contribution in [0.25, 0.3) is 0 Å². The van der Waals surface area contributed by atoms with Gasteiger partial charge in [-0.1, -0.05) is 17.7 Å². The summed E-state index contributed by atoms with van der Waals surface area (Å²) in [6, 6.07) is 6.60. The molecule has 0 saturated carbocycles. The Hall–Kier alpha value is -1.11. The summed E-state index contributed by atoms with van der Waals surface area (Å²) in [7, 11) is -3.36. The zero-order valence-electron chi connectivity index (χ0n) is 10.2. The van der Waals surface area contributed by atoms with Crippen LogP contribution >= 0.6 is 11.6 Å². The van der Waals surface area contributed by atoms with Crippen LogP contribution in [0.1, 0.15) is 0 Å². The van der Waals surface area contributed by atoms with Crippen LogP contribution < -0.4 is 10.6 Å². The minimum absolute atomic E-state index is 0.0585. The monoisotopic (exact) mass is 302 g/mol. The van der Waals surface area contributed by atoms with Crippen molar-refractivity contribution in [3.8, 4) is 0 Å². The Balaban J connectivity index is 1.89. The van der Waals surface area contributed by atoms with Gasteiger partial charge in [0.1, 0.15) is 5.75 Å². The molecule has 0 spiro atoms. The summed E-state index contributed by atoms with van der Waals surface area (Å²) < 4.78 is 23.6. The number of hydrogen-bond donors (Lipinski definition) is 2. The number of hydrogen-bond acceptors (Lipinski definition) is 4. The molecule has 1 amide bonds. The maximum Gasteiger partial charge on any atom is 0.239 e. The number of halogens is 1. The van der Waals surface area contributed by atoms with Gasteiger partial charge in [-0.25, -0.2) is 8.42 Å². The second-order valence-corrected chi connectivity index (χ2v) is 7.18. The zero-order chi connectivity index (χ0) is 13.9. The third kappa shape index (κ3) is 4.49. The van der Waals surface area contributed by atoms with Gasteiger partial charge < -0.3 is 10.6 Å². The predicted molar refractivity (Wildman–Crippen MR) is 75.1 cm³/mol. The Labute approximate surface area is 117 Å². The largest absolute Gasteiger partial charge is 0.325 e. The minimum atomic E-state index is -3.36. The maximum absolute atomic E-state index is 11.8. The van der Waals surface area contributed by atoms with Gasteiger partial charge in [0, 0.05) is 23.8 Å². The fraction of sp³-hybridized carbons (Fsp3) is 0.417. The highest BCUT2D eigenvalue weighted by molar-refractivity contribution is 7.92. The van der Waals surface area contributed by atoms with Crippen LogP contribution in [-0.2, 0) is 14.6 Å². The Morgan fingerprint density at radius 3 is 2.74 bits per heavy atom. The van der Waals surface area contributed by atoms with Crippen LogP contribution in [0.5, 0.6) is 0 Å². The number of anilines is 1. The summed E-state index contributed by atoms with van der Waals surface area (Å²) in [6.07, 6.45) is 0. The molecule has 1 saturated heterocycles. The molecule has 0 aliphatic carbocycles. The lowest BCUT2D eigenvalue weighted by molar-refractivity contribution is -0.113. The van der Waals surface area contributed by atoms with E-state index in [4.69, 9.17) is 11.6 Å². The van der Waals surface area contributed by atoms with Crippen LogP contribution in [0.2, 0.25) is 5.02 Å². The quantitative estimate of drug-likeness (QED) is 0.848. The molecule has 1 aromatic rings. The lowest BCUT2D eigenvalue weighted by atomic mass is 10.1. The average molecular weight is 303 g/mol. The van der Waals surface area contributed by atoms with Crippen molar-refractivity contribution >= 4 is 33.0 Å². The molecule has 0 unspecified atom stereocenters. The van der Waals surface area contributed by atoms with E-state index in [9.17, 15) is 13.2 Å². The number of nitrogens with one attached hydrogen (secondary N) is 2. The normalized spacial score (nSPS) is 15.8. The first-order chi connectivity index (χ1) is 8.94. The Kier molecular flexibility index (Phi) is 4.44. The molecule has 1 aliphatic heterocycles. The van der Waals surface area contributed by atoms with Crippen molar-refractivity contribution in [2.24, 2.45) is 5.92 Å². The minimum Gasteiger partial charge on any atom is -0.325 e. The number of carbonyl (C=O) groups is 1. The molecule has 0 aromatic heterocycles. The van der Waals surface area contributed by atoms with Gasteiger partial charge in [-0.15, -0.1) is 0 Å². The van der Waals surface area contributed by atoms with Crippen molar-refractivity contribution < 1.29 is 13.2 Å². The molecule has 5 nitrogen and oxygen atoms in total. The number of amides is 1. The van der Waals surface area contributed by atoms with Crippen molar-refractivity contribution in [1.29, 1.82) is 0 Å². The lowest BCUT2D eigenvalue weighted by Gasteiger charge is -2.26. The van der Waals surface area contributed by atoms with E-state index in [1.807, 2.05) is 0 Å². The first kappa shape index (κ1) is 14.3. The summed E-state index contributed by atoms with van der Waals surface area (Å²) >= 11 is 5.78. The smallest absolute Gasteiger partial charge is 0.239 e. The van der Waals surface area contributed by atoms with Crippen molar-refractivity contribution in [2.75, 3.05) is 29.9 Å². The van der Waals surface area contributed by atoms with Gasteiger partial charge in [0.05, 0.1) is 5.75 Å². The highest BCUT2D eigenvalue weighted by Gasteiger charge is 2.26. The lowest BCUT2D eigenvalue weighted by Crippen LogP contribution is -2.46. The first-order valence-corrected chi connectivity index (χ1v) is 8.11. The van der Waals surface area contributed by atoms with E-state index in [1.165, 1.54) is 0 Å². The van der Waals surface area contributed by atoms with Crippen LogP contribution in [0.15, 0.2) is 24.3 Å². The van der Waals surface area contributed by atoms with Gasteiger partial charge in [-0.05, 0) is 24.1 Å². The summed E-state index contributed by atoms with van der Waals surface area (Å²) in [5.41, 5.74) is 0.498. The third-order valence-electron chi connectivity index (χ3n) is 2.82. The van der Waals surface area contributed by atoms with Crippen LogP contribution in [-0.4, -0.2) is 38.9 Å². The number of sulfone groups is 1. The molecule has 2 rings (SSSR count). The van der Waals surface area contributed by atoms with E-state index < -0.39 is 21.5 Å². The number of benzene rings is 1. The molecule has 2 N–H and O–H groups in total. The highest BCUT2D eigenvalue weighted by Crippen LogP contribution is 2.15. The van der Waals surface area contributed by atoms with Crippen molar-refractivity contribution in [1.82, 2.24) is 5.32 Å². The first-order valence-electron chi connectivity index (χ1n) is 5.91. The Bertz CT molecular complexity index is 570. The third-order valence-corrected chi connectivity index (χ3v) is 4.73. The van der Waals surface area contributed by atoms with E-state index in [0.29, 0.717) is 23.8 Å². The summed E-state index contributed by atoms with van der Waals surface area (Å²) in [4.78, 5) is 11.7. The molecular formula is C12H15ClN2O3S. The maximum atomic E-state index is 11.8. The number of rotatable bonds is 5. The Morgan fingerprint density at radius 2 is 2.16 bits per heavy atom. The summed E-state index contributed by atoms with van der Waals surface area (Å²) in [6.45, 7) is 1.41. The SMILES string of the molecule is O=C(CS(=O)(=O)CC1CNC1)Nc1cccc(Cl)c1. The summed E-state index contributed by atoms with van der Waals surface area (Å²) in [5, 5.41) is 6.02. The van der Waals surface area contributed by atoms with E-state index >= 15 is 0 Å². The van der Waals surface area contributed by atoms with Gasteiger partial charge in [-0.2, -0.15) is 0 Å². The van der Waals surface area contributed by atoms with E-state index in [0.717, 1.165) is 0 Å². The van der Waals surface area contributed by atoms with Crippen molar-refractivity contribution in [3.63, 3.8) is 0 Å². The molecule has 1 aliphatic rings. The van der Waals surface area contributed by atoms with E-state index in [-0.39, 0.29) is 11.7 Å². The molecule has 0 bridgehead atoms. The van der Waals surface area contributed by atoms with Gasteiger partial charge >= 0.3 is 0 Å². The molecule has 0 atom stereocenters. The van der Waals surface area contributed by atoms with Crippen LogP contribution in [0, 0.1) is 5.92 Å². The van der Waals surface area contributed by atoms with Gasteiger partial charge in [0.25, 0.3) is 0 Å². The van der Waals surface area contributed by atoms with Crippen LogP contribution in [0.4, 0.5) is 5.69 Å². The standard InChI is InChI=1S/C12H15ClN2O3S/c13-10-2-1-3-11(4-10)15-12(16)8-19(17,18)7-9-5-14-6-9/h1-4,9,14H,5-8H2,(H,15,16). The number of carbonyl (C=O) groups excluding carboxylic acids is 1.